The zero-order valence-electron chi connectivity index (χ0n) is 9.96. The highest BCUT2D eigenvalue weighted by Crippen LogP contribution is 2.23. The van der Waals surface area contributed by atoms with Gasteiger partial charge in [-0.3, -0.25) is 0 Å². The smallest absolute Gasteiger partial charge is 0.0591 e. The number of ether oxygens (including phenoxy) is 2. The zero-order chi connectivity index (χ0) is 10.8. The second-order valence-electron chi connectivity index (χ2n) is 4.32. The molecular formula is C12H25NO2. The molecule has 90 valence electrons. The molecule has 0 unspecified atom stereocenters. The van der Waals surface area contributed by atoms with E-state index in [1.807, 2.05) is 0 Å². The first-order chi connectivity index (χ1) is 7.43. The van der Waals surface area contributed by atoms with Crippen LogP contribution in [0, 0.1) is 5.92 Å². The lowest BCUT2D eigenvalue weighted by molar-refractivity contribution is 0.0858. The maximum atomic E-state index is 5.65. The molecule has 1 rings (SSSR count). The van der Waals surface area contributed by atoms with Crippen LogP contribution in [0.3, 0.4) is 0 Å². The molecule has 3 nitrogen and oxygen atoms in total. The van der Waals surface area contributed by atoms with Gasteiger partial charge < -0.3 is 14.8 Å². The second-order valence-corrected chi connectivity index (χ2v) is 4.32. The topological polar surface area (TPSA) is 30.5 Å². The number of methoxy groups -OCH3 is 1. The number of nitrogens with one attached hydrogen (secondary N) is 1. The molecule has 1 aliphatic carbocycles. The van der Waals surface area contributed by atoms with Crippen molar-refractivity contribution in [1.29, 1.82) is 0 Å². The fraction of sp³-hybridized carbons (Fsp3) is 1.00. The van der Waals surface area contributed by atoms with Crippen molar-refractivity contribution in [3.8, 4) is 0 Å². The molecule has 1 aliphatic rings. The van der Waals surface area contributed by atoms with Crippen LogP contribution in [-0.4, -0.2) is 40.0 Å². The highest BCUT2D eigenvalue weighted by molar-refractivity contribution is 4.64. The number of hydrogen-bond acceptors (Lipinski definition) is 3. The van der Waals surface area contributed by atoms with Gasteiger partial charge in [0.15, 0.2) is 0 Å². The second kappa shape index (κ2) is 9.13. The van der Waals surface area contributed by atoms with Gasteiger partial charge in [-0.15, -0.1) is 0 Å². The van der Waals surface area contributed by atoms with Crippen molar-refractivity contribution in [2.75, 3.05) is 40.0 Å². The van der Waals surface area contributed by atoms with Crippen molar-refractivity contribution >= 4 is 0 Å². The van der Waals surface area contributed by atoms with E-state index < -0.39 is 0 Å². The van der Waals surface area contributed by atoms with Gasteiger partial charge in [0, 0.05) is 26.8 Å². The molecule has 3 heteroatoms. The van der Waals surface area contributed by atoms with Crippen LogP contribution in [0.15, 0.2) is 0 Å². The van der Waals surface area contributed by atoms with Gasteiger partial charge in [-0.25, -0.2) is 0 Å². The predicted octanol–water partition coefficient (Wildman–Crippen LogP) is 1.82. The zero-order valence-corrected chi connectivity index (χ0v) is 9.96. The Morgan fingerprint density at radius 1 is 1.07 bits per heavy atom. The highest BCUT2D eigenvalue weighted by atomic mass is 16.5. The average Bonchev–Trinajstić information content (AvgIpc) is 2.29. The molecule has 0 aliphatic heterocycles. The molecule has 0 heterocycles. The first kappa shape index (κ1) is 12.9. The number of rotatable bonds is 8. The van der Waals surface area contributed by atoms with E-state index in [1.165, 1.54) is 32.1 Å². The number of hydrogen-bond donors (Lipinski definition) is 1. The van der Waals surface area contributed by atoms with Crippen LogP contribution in [0.25, 0.3) is 0 Å². The third kappa shape index (κ3) is 6.88. The van der Waals surface area contributed by atoms with E-state index in [1.54, 1.807) is 7.11 Å². The molecule has 1 fully saturated rings. The van der Waals surface area contributed by atoms with Crippen molar-refractivity contribution < 1.29 is 9.47 Å². The van der Waals surface area contributed by atoms with Gasteiger partial charge >= 0.3 is 0 Å². The SMILES string of the molecule is COCCNCCOCC1CCCCC1. The Labute approximate surface area is 93.5 Å². The largest absolute Gasteiger partial charge is 0.383 e. The molecule has 0 amide bonds. The third-order valence-electron chi connectivity index (χ3n) is 2.98. The summed E-state index contributed by atoms with van der Waals surface area (Å²) < 4.78 is 10.6. The summed E-state index contributed by atoms with van der Waals surface area (Å²) >= 11 is 0. The predicted molar refractivity (Wildman–Crippen MR) is 62.1 cm³/mol. The Bertz CT molecular complexity index is 136. The van der Waals surface area contributed by atoms with E-state index in [0.29, 0.717) is 0 Å². The van der Waals surface area contributed by atoms with Crippen molar-refractivity contribution in [2.24, 2.45) is 5.92 Å². The summed E-state index contributed by atoms with van der Waals surface area (Å²) in [4.78, 5) is 0. The maximum Gasteiger partial charge on any atom is 0.0591 e. The molecular weight excluding hydrogens is 190 g/mol. The summed E-state index contributed by atoms with van der Waals surface area (Å²) in [6, 6.07) is 0. The fourth-order valence-electron chi connectivity index (χ4n) is 2.05. The lowest BCUT2D eigenvalue weighted by atomic mass is 9.90. The van der Waals surface area contributed by atoms with Crippen LogP contribution in [0.2, 0.25) is 0 Å². The van der Waals surface area contributed by atoms with Gasteiger partial charge in [0.1, 0.15) is 0 Å². The van der Waals surface area contributed by atoms with Crippen LogP contribution < -0.4 is 5.32 Å². The summed E-state index contributed by atoms with van der Waals surface area (Å²) in [7, 11) is 1.72. The van der Waals surface area contributed by atoms with Crippen LogP contribution in [-0.2, 0) is 9.47 Å². The van der Waals surface area contributed by atoms with Crippen LogP contribution in [0.1, 0.15) is 32.1 Å². The highest BCUT2D eigenvalue weighted by Gasteiger charge is 2.12. The molecule has 0 bridgehead atoms. The van der Waals surface area contributed by atoms with Gasteiger partial charge in [-0.05, 0) is 18.8 Å². The minimum atomic E-state index is 0.780. The van der Waals surface area contributed by atoms with Gasteiger partial charge in [-0.2, -0.15) is 0 Å². The first-order valence-corrected chi connectivity index (χ1v) is 6.21. The minimum absolute atomic E-state index is 0.780. The molecule has 0 spiro atoms. The third-order valence-corrected chi connectivity index (χ3v) is 2.98. The molecule has 0 atom stereocenters. The van der Waals surface area contributed by atoms with Crippen molar-refractivity contribution in [2.45, 2.75) is 32.1 Å². The van der Waals surface area contributed by atoms with E-state index in [4.69, 9.17) is 9.47 Å². The van der Waals surface area contributed by atoms with Gasteiger partial charge in [0.25, 0.3) is 0 Å². The Hall–Kier alpha value is -0.120. The monoisotopic (exact) mass is 215 g/mol. The lowest BCUT2D eigenvalue weighted by Crippen LogP contribution is -2.24. The summed E-state index contributed by atoms with van der Waals surface area (Å²) in [5.41, 5.74) is 0. The molecule has 0 saturated heterocycles. The Kier molecular flexibility index (Phi) is 7.88. The van der Waals surface area contributed by atoms with E-state index >= 15 is 0 Å². The average molecular weight is 215 g/mol. The fourth-order valence-corrected chi connectivity index (χ4v) is 2.05. The Morgan fingerprint density at radius 2 is 1.80 bits per heavy atom. The van der Waals surface area contributed by atoms with Crippen molar-refractivity contribution in [1.82, 2.24) is 5.32 Å². The molecule has 1 N–H and O–H groups in total. The van der Waals surface area contributed by atoms with Crippen LogP contribution in [0.5, 0.6) is 0 Å². The van der Waals surface area contributed by atoms with Crippen molar-refractivity contribution in [3.63, 3.8) is 0 Å². The van der Waals surface area contributed by atoms with E-state index in [9.17, 15) is 0 Å². The van der Waals surface area contributed by atoms with E-state index in [2.05, 4.69) is 5.32 Å². The van der Waals surface area contributed by atoms with Gasteiger partial charge in [0.2, 0.25) is 0 Å². The van der Waals surface area contributed by atoms with Gasteiger partial charge in [0.05, 0.1) is 13.2 Å². The minimum Gasteiger partial charge on any atom is -0.383 e. The maximum absolute atomic E-state index is 5.65. The molecule has 0 aromatic rings. The standard InChI is InChI=1S/C12H25NO2/c1-14-9-7-13-8-10-15-11-12-5-3-2-4-6-12/h12-13H,2-11H2,1H3. The molecule has 1 saturated carbocycles. The van der Waals surface area contributed by atoms with Crippen molar-refractivity contribution in [3.05, 3.63) is 0 Å². The molecule has 0 aromatic heterocycles. The summed E-state index contributed by atoms with van der Waals surface area (Å²) in [5, 5.41) is 3.27. The first-order valence-electron chi connectivity index (χ1n) is 6.21. The van der Waals surface area contributed by atoms with Gasteiger partial charge in [-0.1, -0.05) is 19.3 Å². The lowest BCUT2D eigenvalue weighted by Gasteiger charge is -2.21. The van der Waals surface area contributed by atoms with Crippen LogP contribution in [0.4, 0.5) is 0 Å². The normalized spacial score (nSPS) is 18.2. The quantitative estimate of drug-likeness (QED) is 0.627. The summed E-state index contributed by atoms with van der Waals surface area (Å²) in [6.07, 6.45) is 6.98. The Balaban J connectivity index is 1.79. The molecule has 15 heavy (non-hydrogen) atoms. The van der Waals surface area contributed by atoms with E-state index in [0.717, 1.165) is 38.8 Å². The molecule has 0 radical (unpaired) electrons. The summed E-state index contributed by atoms with van der Waals surface area (Å²) in [5.74, 6) is 0.831. The molecule has 0 aromatic carbocycles. The summed E-state index contributed by atoms with van der Waals surface area (Å²) in [6.45, 7) is 4.44. The Morgan fingerprint density at radius 3 is 2.53 bits per heavy atom. The van der Waals surface area contributed by atoms with Crippen LogP contribution >= 0.6 is 0 Å². The van der Waals surface area contributed by atoms with E-state index in [-0.39, 0.29) is 0 Å².